The van der Waals surface area contributed by atoms with E-state index in [0.29, 0.717) is 49.7 Å². The van der Waals surface area contributed by atoms with Gasteiger partial charge in [-0.05, 0) is 75.1 Å². The summed E-state index contributed by atoms with van der Waals surface area (Å²) in [5.74, 6) is -0.179. The molecule has 1 saturated heterocycles. The Morgan fingerprint density at radius 2 is 1.94 bits per heavy atom. The SMILES string of the molecule is CCOCCn1c(=NC(=O)C2CCCN(S(=O)(=O)c3ccc(OC)cc3)C2)sc2c(C)cc(C)cc21. The van der Waals surface area contributed by atoms with Gasteiger partial charge in [-0.15, -0.1) is 0 Å². The average molecular weight is 532 g/mol. The number of thiazole rings is 1. The molecule has 0 N–H and O–H groups in total. The summed E-state index contributed by atoms with van der Waals surface area (Å²) in [4.78, 5) is 18.7. The van der Waals surface area contributed by atoms with Gasteiger partial charge in [-0.2, -0.15) is 9.30 Å². The van der Waals surface area contributed by atoms with Crippen molar-refractivity contribution < 1.29 is 22.7 Å². The van der Waals surface area contributed by atoms with Gasteiger partial charge in [0.1, 0.15) is 5.75 Å². The van der Waals surface area contributed by atoms with Crippen LogP contribution in [0.3, 0.4) is 0 Å². The zero-order valence-electron chi connectivity index (χ0n) is 21.2. The van der Waals surface area contributed by atoms with Crippen LogP contribution in [0.25, 0.3) is 10.2 Å². The van der Waals surface area contributed by atoms with Crippen molar-refractivity contribution in [2.24, 2.45) is 10.9 Å². The van der Waals surface area contributed by atoms with Crippen molar-refractivity contribution in [2.75, 3.05) is 33.4 Å². The highest BCUT2D eigenvalue weighted by Gasteiger charge is 2.33. The van der Waals surface area contributed by atoms with Crippen molar-refractivity contribution in [3.63, 3.8) is 0 Å². The topological polar surface area (TPSA) is 90.2 Å². The highest BCUT2D eigenvalue weighted by Crippen LogP contribution is 2.27. The number of nitrogens with zero attached hydrogens (tertiary/aromatic N) is 3. The van der Waals surface area contributed by atoms with Crippen molar-refractivity contribution >= 4 is 37.5 Å². The quantitative estimate of drug-likeness (QED) is 0.412. The number of ether oxygens (including phenoxy) is 2. The maximum Gasteiger partial charge on any atom is 0.252 e. The van der Waals surface area contributed by atoms with Gasteiger partial charge in [-0.25, -0.2) is 8.42 Å². The molecule has 1 atom stereocenters. The van der Waals surface area contributed by atoms with E-state index >= 15 is 0 Å². The number of hydrogen-bond donors (Lipinski definition) is 0. The monoisotopic (exact) mass is 531 g/mol. The van der Waals surface area contributed by atoms with E-state index < -0.39 is 15.9 Å². The van der Waals surface area contributed by atoms with E-state index in [1.54, 1.807) is 12.1 Å². The van der Waals surface area contributed by atoms with E-state index in [1.165, 1.54) is 34.9 Å². The third kappa shape index (κ3) is 5.56. The van der Waals surface area contributed by atoms with Crippen LogP contribution in [0.1, 0.15) is 30.9 Å². The number of hydrogen-bond acceptors (Lipinski definition) is 6. The van der Waals surface area contributed by atoms with Crippen LogP contribution in [0, 0.1) is 19.8 Å². The van der Waals surface area contributed by atoms with Gasteiger partial charge in [-0.3, -0.25) is 4.79 Å². The summed E-state index contributed by atoms with van der Waals surface area (Å²) in [6.07, 6.45) is 1.22. The summed E-state index contributed by atoms with van der Waals surface area (Å²) >= 11 is 1.49. The fourth-order valence-corrected chi connectivity index (χ4v) is 7.19. The third-order valence-corrected chi connectivity index (χ3v) is 9.52. The number of benzene rings is 2. The van der Waals surface area contributed by atoms with Crippen LogP contribution >= 0.6 is 11.3 Å². The molecule has 1 aromatic heterocycles. The fraction of sp³-hybridized carbons (Fsp3) is 0.462. The normalized spacial score (nSPS) is 17.6. The number of rotatable bonds is 8. The molecule has 194 valence electrons. The van der Waals surface area contributed by atoms with E-state index in [2.05, 4.69) is 31.0 Å². The predicted molar refractivity (Wildman–Crippen MR) is 141 cm³/mol. The zero-order valence-corrected chi connectivity index (χ0v) is 22.8. The zero-order chi connectivity index (χ0) is 25.9. The molecule has 1 aliphatic rings. The molecule has 1 fully saturated rings. The highest BCUT2D eigenvalue weighted by molar-refractivity contribution is 7.89. The molecule has 0 bridgehead atoms. The Balaban J connectivity index is 1.62. The molecule has 0 radical (unpaired) electrons. The Morgan fingerprint density at radius 3 is 2.64 bits per heavy atom. The van der Waals surface area contributed by atoms with Crippen molar-refractivity contribution in [1.82, 2.24) is 8.87 Å². The number of amides is 1. The first-order valence-electron chi connectivity index (χ1n) is 12.2. The van der Waals surface area contributed by atoms with E-state index in [9.17, 15) is 13.2 Å². The van der Waals surface area contributed by atoms with Gasteiger partial charge in [0, 0.05) is 26.2 Å². The first-order valence-corrected chi connectivity index (χ1v) is 14.4. The Kier molecular flexibility index (Phi) is 8.29. The number of aromatic nitrogens is 1. The van der Waals surface area contributed by atoms with E-state index in [0.717, 1.165) is 21.3 Å². The number of sulfonamides is 1. The molecule has 8 nitrogen and oxygen atoms in total. The second kappa shape index (κ2) is 11.2. The fourth-order valence-electron chi connectivity index (χ4n) is 4.56. The van der Waals surface area contributed by atoms with Gasteiger partial charge in [0.05, 0.1) is 34.7 Å². The Labute approximate surface area is 216 Å². The smallest absolute Gasteiger partial charge is 0.252 e. The first kappa shape index (κ1) is 26.5. The lowest BCUT2D eigenvalue weighted by Crippen LogP contribution is -2.42. The van der Waals surface area contributed by atoms with Crippen LogP contribution in [0.15, 0.2) is 46.3 Å². The molecule has 1 aliphatic heterocycles. The molecule has 0 saturated carbocycles. The molecular formula is C26H33N3O5S2. The van der Waals surface area contributed by atoms with Gasteiger partial charge in [0.2, 0.25) is 10.0 Å². The van der Waals surface area contributed by atoms with Gasteiger partial charge in [0.25, 0.3) is 5.91 Å². The summed E-state index contributed by atoms with van der Waals surface area (Å²) in [5.41, 5.74) is 3.33. The Bertz CT molecular complexity index is 1410. The molecule has 2 heterocycles. The van der Waals surface area contributed by atoms with Gasteiger partial charge >= 0.3 is 0 Å². The lowest BCUT2D eigenvalue weighted by atomic mass is 9.99. The lowest BCUT2D eigenvalue weighted by Gasteiger charge is -2.30. The maximum atomic E-state index is 13.3. The summed E-state index contributed by atoms with van der Waals surface area (Å²) < 4.78 is 41.7. The van der Waals surface area contributed by atoms with Crippen molar-refractivity contribution in [1.29, 1.82) is 0 Å². The molecule has 2 aromatic carbocycles. The Morgan fingerprint density at radius 1 is 1.19 bits per heavy atom. The summed E-state index contributed by atoms with van der Waals surface area (Å²) in [6, 6.07) is 10.6. The number of methoxy groups -OCH3 is 1. The van der Waals surface area contributed by atoms with E-state index in [-0.39, 0.29) is 17.3 Å². The minimum atomic E-state index is -3.72. The number of fused-ring (bicyclic) bond motifs is 1. The predicted octanol–water partition coefficient (Wildman–Crippen LogP) is 3.89. The molecule has 0 spiro atoms. The second-order valence-electron chi connectivity index (χ2n) is 8.99. The molecule has 36 heavy (non-hydrogen) atoms. The Hall–Kier alpha value is -2.53. The molecule has 0 aliphatic carbocycles. The molecule has 4 rings (SSSR count). The largest absolute Gasteiger partial charge is 0.497 e. The summed E-state index contributed by atoms with van der Waals surface area (Å²) in [6.45, 7) is 8.30. The second-order valence-corrected chi connectivity index (χ2v) is 11.9. The van der Waals surface area contributed by atoms with Gasteiger partial charge in [-0.1, -0.05) is 17.4 Å². The van der Waals surface area contributed by atoms with Crippen molar-refractivity contribution in [3.05, 3.63) is 52.3 Å². The van der Waals surface area contributed by atoms with Crippen LogP contribution < -0.4 is 9.54 Å². The van der Waals surface area contributed by atoms with Crippen LogP contribution in [0.4, 0.5) is 0 Å². The standard InChI is InChI=1S/C26H33N3O5S2/c1-5-34-14-13-29-23-16-18(2)15-19(3)24(23)35-26(29)27-25(30)20-7-6-12-28(17-20)36(31,32)22-10-8-21(33-4)9-11-22/h8-11,15-16,20H,5-7,12-14,17H2,1-4H3. The average Bonchev–Trinajstić information content (AvgIpc) is 3.21. The lowest BCUT2D eigenvalue weighted by molar-refractivity contribution is -0.122. The van der Waals surface area contributed by atoms with Crippen LogP contribution in [0.5, 0.6) is 5.75 Å². The van der Waals surface area contributed by atoms with Crippen LogP contribution in [-0.2, 0) is 26.1 Å². The first-order chi connectivity index (χ1) is 17.2. The number of piperidine rings is 1. The summed E-state index contributed by atoms with van der Waals surface area (Å²) in [5, 5.41) is 0. The minimum Gasteiger partial charge on any atom is -0.497 e. The van der Waals surface area contributed by atoms with Gasteiger partial charge in [0.15, 0.2) is 4.80 Å². The van der Waals surface area contributed by atoms with E-state index in [1.807, 2.05) is 11.5 Å². The highest BCUT2D eigenvalue weighted by atomic mass is 32.2. The molecule has 10 heteroatoms. The molecule has 1 amide bonds. The minimum absolute atomic E-state index is 0.124. The maximum absolute atomic E-state index is 13.3. The molecule has 1 unspecified atom stereocenters. The van der Waals surface area contributed by atoms with Gasteiger partial charge < -0.3 is 14.0 Å². The van der Waals surface area contributed by atoms with Crippen LogP contribution in [-0.4, -0.2) is 56.6 Å². The number of carbonyl (C=O) groups is 1. The van der Waals surface area contributed by atoms with Crippen molar-refractivity contribution in [2.45, 2.75) is 45.1 Å². The van der Waals surface area contributed by atoms with Crippen LogP contribution in [0.2, 0.25) is 0 Å². The van der Waals surface area contributed by atoms with Crippen molar-refractivity contribution in [3.8, 4) is 5.75 Å². The van der Waals surface area contributed by atoms with E-state index in [4.69, 9.17) is 9.47 Å². The summed E-state index contributed by atoms with van der Waals surface area (Å²) in [7, 11) is -2.18. The number of aryl methyl sites for hydroxylation is 2. The third-order valence-electron chi connectivity index (χ3n) is 6.41. The molecule has 3 aromatic rings. The molecular weight excluding hydrogens is 498 g/mol. The number of carbonyl (C=O) groups excluding carboxylic acids is 1.